The third-order valence-electron chi connectivity index (χ3n) is 1.61. The monoisotopic (exact) mass is 199 g/mol. The first-order valence-electron chi connectivity index (χ1n) is 4.65. The summed E-state index contributed by atoms with van der Waals surface area (Å²) in [5, 5.41) is 11.2. The first-order valence-corrected chi connectivity index (χ1v) is 4.65. The molecular weight excluding hydrogens is 182 g/mol. The minimum atomic E-state index is -0.984. The lowest BCUT2D eigenvalue weighted by molar-refractivity contribution is -0.141. The topological polar surface area (TPSA) is 66.4 Å². The first-order chi connectivity index (χ1) is 6.47. The Bertz CT molecular complexity index is 242. The molecule has 4 heteroatoms. The number of rotatable bonds is 5. The molecule has 1 atom stereocenters. The van der Waals surface area contributed by atoms with Crippen LogP contribution in [0.25, 0.3) is 0 Å². The zero-order chi connectivity index (χ0) is 11.1. The Hall–Kier alpha value is -1.32. The summed E-state index contributed by atoms with van der Waals surface area (Å²) >= 11 is 0. The second-order valence-corrected chi connectivity index (χ2v) is 3.41. The molecular formula is C10H17NO3. The molecule has 0 unspecified atom stereocenters. The number of amides is 1. The Kier molecular flexibility index (Phi) is 5.60. The van der Waals surface area contributed by atoms with Crippen LogP contribution >= 0.6 is 0 Å². The fourth-order valence-electron chi connectivity index (χ4n) is 1.02. The van der Waals surface area contributed by atoms with E-state index in [9.17, 15) is 9.59 Å². The van der Waals surface area contributed by atoms with Crippen molar-refractivity contribution in [2.75, 3.05) is 0 Å². The molecule has 0 fully saturated rings. The summed E-state index contributed by atoms with van der Waals surface area (Å²) in [4.78, 5) is 21.9. The van der Waals surface area contributed by atoms with Gasteiger partial charge in [0.15, 0.2) is 0 Å². The lowest BCUT2D eigenvalue weighted by atomic mass is 10.1. The molecule has 0 saturated heterocycles. The van der Waals surface area contributed by atoms with Gasteiger partial charge in [-0.1, -0.05) is 18.9 Å². The van der Waals surface area contributed by atoms with Crippen molar-refractivity contribution in [1.29, 1.82) is 0 Å². The van der Waals surface area contributed by atoms with Gasteiger partial charge < -0.3 is 10.4 Å². The Balaban J connectivity index is 4.23. The van der Waals surface area contributed by atoms with Gasteiger partial charge in [-0.2, -0.15) is 0 Å². The maximum absolute atomic E-state index is 11.2. The fourth-order valence-corrected chi connectivity index (χ4v) is 1.02. The highest BCUT2D eigenvalue weighted by atomic mass is 16.4. The Labute approximate surface area is 84.0 Å². The first kappa shape index (κ1) is 12.7. The predicted octanol–water partition coefficient (Wildman–Crippen LogP) is 1.32. The molecule has 0 radical (unpaired) electrons. The molecule has 0 aromatic carbocycles. The lowest BCUT2D eigenvalue weighted by Gasteiger charge is -2.11. The molecule has 0 aliphatic carbocycles. The molecule has 0 aromatic heterocycles. The van der Waals surface area contributed by atoms with Gasteiger partial charge in [0.1, 0.15) is 6.04 Å². The van der Waals surface area contributed by atoms with Crippen LogP contribution in [0.2, 0.25) is 0 Å². The van der Waals surface area contributed by atoms with Gasteiger partial charge in [0.2, 0.25) is 5.91 Å². The molecule has 0 aromatic rings. The van der Waals surface area contributed by atoms with E-state index in [2.05, 4.69) is 5.32 Å². The highest BCUT2D eigenvalue weighted by molar-refractivity contribution is 5.91. The molecule has 4 nitrogen and oxygen atoms in total. The second kappa shape index (κ2) is 6.18. The Morgan fingerprint density at radius 1 is 1.43 bits per heavy atom. The summed E-state index contributed by atoms with van der Waals surface area (Å²) in [6.45, 7) is 5.45. The number of nitrogens with one attached hydrogen (secondary N) is 1. The zero-order valence-electron chi connectivity index (χ0n) is 8.83. The molecule has 0 heterocycles. The molecule has 0 saturated carbocycles. The summed E-state index contributed by atoms with van der Waals surface area (Å²) in [5.74, 6) is -1.33. The van der Waals surface area contributed by atoms with E-state index in [-0.39, 0.29) is 5.91 Å². The number of carboxylic acid groups (broad SMARTS) is 1. The van der Waals surface area contributed by atoms with Gasteiger partial charge in [0.05, 0.1) is 0 Å². The summed E-state index contributed by atoms with van der Waals surface area (Å²) in [6.07, 6.45) is 2.58. The van der Waals surface area contributed by atoms with Crippen LogP contribution in [0.3, 0.4) is 0 Å². The number of carbonyl (C=O) groups is 2. The van der Waals surface area contributed by atoms with Gasteiger partial charge >= 0.3 is 5.97 Å². The van der Waals surface area contributed by atoms with Gasteiger partial charge in [0.25, 0.3) is 0 Å². The SMILES string of the molecule is CCC[C@H](NC(=O)C=C(C)C)C(=O)O. The normalized spacial score (nSPS) is 11.6. The van der Waals surface area contributed by atoms with E-state index in [4.69, 9.17) is 5.11 Å². The number of aliphatic carboxylic acids is 1. The van der Waals surface area contributed by atoms with Gasteiger partial charge in [0, 0.05) is 6.08 Å². The Morgan fingerprint density at radius 3 is 2.36 bits per heavy atom. The molecule has 0 bridgehead atoms. The van der Waals surface area contributed by atoms with Crippen LogP contribution in [0.1, 0.15) is 33.6 Å². The van der Waals surface area contributed by atoms with E-state index in [1.54, 1.807) is 13.8 Å². The Morgan fingerprint density at radius 2 is 2.00 bits per heavy atom. The van der Waals surface area contributed by atoms with Crippen molar-refractivity contribution in [2.45, 2.75) is 39.7 Å². The standard InChI is InChI=1S/C10H17NO3/c1-4-5-8(10(13)14)11-9(12)6-7(2)3/h6,8H,4-5H2,1-3H3,(H,11,12)(H,13,14)/t8-/m0/s1. The molecule has 0 spiro atoms. The number of hydrogen-bond donors (Lipinski definition) is 2. The van der Waals surface area contributed by atoms with E-state index in [0.717, 1.165) is 12.0 Å². The predicted molar refractivity (Wildman–Crippen MR) is 53.9 cm³/mol. The van der Waals surface area contributed by atoms with E-state index in [1.807, 2.05) is 6.92 Å². The minimum Gasteiger partial charge on any atom is -0.480 e. The van der Waals surface area contributed by atoms with Gasteiger partial charge in [-0.3, -0.25) is 4.79 Å². The van der Waals surface area contributed by atoms with Crippen LogP contribution < -0.4 is 5.32 Å². The maximum atomic E-state index is 11.2. The summed E-state index contributed by atoms with van der Waals surface area (Å²) in [7, 11) is 0. The third kappa shape index (κ3) is 5.35. The zero-order valence-corrected chi connectivity index (χ0v) is 8.83. The van der Waals surface area contributed by atoms with Gasteiger partial charge in [-0.25, -0.2) is 4.79 Å². The number of carbonyl (C=O) groups excluding carboxylic acids is 1. The van der Waals surface area contributed by atoms with Gasteiger partial charge in [-0.15, -0.1) is 0 Å². The number of carboxylic acids is 1. The molecule has 80 valence electrons. The van der Waals surface area contributed by atoms with Crippen LogP contribution in [0.4, 0.5) is 0 Å². The smallest absolute Gasteiger partial charge is 0.326 e. The van der Waals surface area contributed by atoms with Crippen LogP contribution in [-0.4, -0.2) is 23.0 Å². The molecule has 1 amide bonds. The highest BCUT2D eigenvalue weighted by Gasteiger charge is 2.17. The van der Waals surface area contributed by atoms with Crippen molar-refractivity contribution in [2.24, 2.45) is 0 Å². The summed E-state index contributed by atoms with van der Waals surface area (Å²) in [5.41, 5.74) is 0.850. The second-order valence-electron chi connectivity index (χ2n) is 3.41. The molecule has 0 aliphatic rings. The highest BCUT2D eigenvalue weighted by Crippen LogP contribution is 1.97. The summed E-state index contributed by atoms with van der Waals surface area (Å²) < 4.78 is 0. The van der Waals surface area contributed by atoms with Crippen molar-refractivity contribution in [3.63, 3.8) is 0 Å². The average molecular weight is 199 g/mol. The number of allylic oxidation sites excluding steroid dienone is 1. The van der Waals surface area contributed by atoms with Crippen molar-refractivity contribution in [1.82, 2.24) is 5.32 Å². The van der Waals surface area contributed by atoms with Crippen molar-refractivity contribution >= 4 is 11.9 Å². The molecule has 2 N–H and O–H groups in total. The van der Waals surface area contributed by atoms with E-state index in [1.165, 1.54) is 6.08 Å². The van der Waals surface area contributed by atoms with Crippen LogP contribution in [0.15, 0.2) is 11.6 Å². The van der Waals surface area contributed by atoms with E-state index in [0.29, 0.717) is 6.42 Å². The molecule has 14 heavy (non-hydrogen) atoms. The van der Waals surface area contributed by atoms with Crippen LogP contribution in [0.5, 0.6) is 0 Å². The van der Waals surface area contributed by atoms with E-state index < -0.39 is 12.0 Å². The van der Waals surface area contributed by atoms with E-state index >= 15 is 0 Å². The average Bonchev–Trinajstić information content (AvgIpc) is 2.01. The fraction of sp³-hybridized carbons (Fsp3) is 0.600. The maximum Gasteiger partial charge on any atom is 0.326 e. The van der Waals surface area contributed by atoms with Crippen LogP contribution in [-0.2, 0) is 9.59 Å². The lowest BCUT2D eigenvalue weighted by Crippen LogP contribution is -2.39. The van der Waals surface area contributed by atoms with Crippen LogP contribution in [0, 0.1) is 0 Å². The van der Waals surface area contributed by atoms with Crippen molar-refractivity contribution in [3.8, 4) is 0 Å². The largest absolute Gasteiger partial charge is 0.480 e. The third-order valence-corrected chi connectivity index (χ3v) is 1.61. The molecule has 0 aliphatic heterocycles. The minimum absolute atomic E-state index is 0.342. The number of hydrogen-bond acceptors (Lipinski definition) is 2. The van der Waals surface area contributed by atoms with Gasteiger partial charge in [-0.05, 0) is 20.3 Å². The van der Waals surface area contributed by atoms with Crippen molar-refractivity contribution < 1.29 is 14.7 Å². The molecule has 0 rings (SSSR count). The summed E-state index contributed by atoms with van der Waals surface area (Å²) in [6, 6.07) is -0.775. The quantitative estimate of drug-likeness (QED) is 0.656. The van der Waals surface area contributed by atoms with Crippen molar-refractivity contribution in [3.05, 3.63) is 11.6 Å².